The van der Waals surface area contributed by atoms with E-state index in [0.29, 0.717) is 25.2 Å². The topological polar surface area (TPSA) is 53.8 Å². The number of hydrogen-bond donors (Lipinski definition) is 1. The second-order valence-corrected chi connectivity index (χ2v) is 7.02. The fraction of sp³-hybridized carbons (Fsp3) is 0.238. The van der Waals surface area contributed by atoms with Gasteiger partial charge in [-0.15, -0.1) is 0 Å². The highest BCUT2D eigenvalue weighted by Gasteiger charge is 2.31. The lowest BCUT2D eigenvalue weighted by Gasteiger charge is -2.39. The predicted octanol–water partition coefficient (Wildman–Crippen LogP) is 2.65. The molecular weight excluding hydrogens is 364 g/mol. The molecule has 2 aromatic heterocycles. The third-order valence-electron chi connectivity index (χ3n) is 4.98. The average Bonchev–Trinajstić information content (AvgIpc) is 3.07. The number of fused-ring (bicyclic) bond motifs is 1. The number of rotatable bonds is 5. The number of carbonyl (C=O) groups excluding carboxylic acids is 2. The van der Waals surface area contributed by atoms with Crippen molar-refractivity contribution >= 4 is 17.3 Å². The maximum absolute atomic E-state index is 13.6. The van der Waals surface area contributed by atoms with Crippen molar-refractivity contribution in [3.05, 3.63) is 77.6 Å². The Bertz CT molecular complexity index is 988. The molecule has 1 fully saturated rings. The summed E-state index contributed by atoms with van der Waals surface area (Å²) < 4.78 is 29.1. The van der Waals surface area contributed by atoms with Crippen LogP contribution in [0.15, 0.2) is 54.9 Å². The van der Waals surface area contributed by atoms with Gasteiger partial charge >= 0.3 is 0 Å². The Morgan fingerprint density at radius 3 is 2.54 bits per heavy atom. The average molecular weight is 383 g/mol. The predicted molar refractivity (Wildman–Crippen MR) is 99.9 cm³/mol. The Balaban J connectivity index is 1.26. The monoisotopic (exact) mass is 383 g/mol. The second kappa shape index (κ2) is 7.42. The molecule has 0 radical (unpaired) electrons. The summed E-state index contributed by atoms with van der Waals surface area (Å²) in [5.74, 6) is -1.80. The van der Waals surface area contributed by atoms with Crippen molar-refractivity contribution < 1.29 is 18.4 Å². The van der Waals surface area contributed by atoms with Crippen LogP contribution >= 0.6 is 0 Å². The summed E-state index contributed by atoms with van der Waals surface area (Å²) in [6, 6.07) is 11.1. The van der Waals surface area contributed by atoms with Gasteiger partial charge in [-0.25, -0.2) is 8.78 Å². The van der Waals surface area contributed by atoms with E-state index in [1.165, 1.54) is 6.07 Å². The molecular formula is C21H19F2N3O2. The molecule has 0 aliphatic carbocycles. The number of carbonyl (C=O) groups is 2. The SMILES string of the molecule is O=C(Cc1c(F)cccc1F)NCC1CN(C(=O)c2cc3ccccn3c2)C1. The Hall–Kier alpha value is -3.22. The summed E-state index contributed by atoms with van der Waals surface area (Å²) in [5.41, 5.74) is 1.35. The Morgan fingerprint density at radius 2 is 1.82 bits per heavy atom. The smallest absolute Gasteiger partial charge is 0.255 e. The van der Waals surface area contributed by atoms with Gasteiger partial charge in [-0.1, -0.05) is 12.1 Å². The summed E-state index contributed by atoms with van der Waals surface area (Å²) in [4.78, 5) is 26.2. The molecule has 28 heavy (non-hydrogen) atoms. The molecule has 0 bridgehead atoms. The summed E-state index contributed by atoms with van der Waals surface area (Å²) in [6.07, 6.45) is 3.35. The third-order valence-corrected chi connectivity index (χ3v) is 4.98. The lowest BCUT2D eigenvalue weighted by molar-refractivity contribution is -0.120. The van der Waals surface area contributed by atoms with Crippen LogP contribution in [0.4, 0.5) is 8.78 Å². The number of aromatic nitrogens is 1. The molecule has 1 N–H and O–H groups in total. The quantitative estimate of drug-likeness (QED) is 0.737. The third kappa shape index (κ3) is 3.60. The normalized spacial score (nSPS) is 14.1. The van der Waals surface area contributed by atoms with Gasteiger partial charge in [-0.2, -0.15) is 0 Å². The first-order valence-electron chi connectivity index (χ1n) is 9.07. The van der Waals surface area contributed by atoms with Gasteiger partial charge in [0.25, 0.3) is 5.91 Å². The van der Waals surface area contributed by atoms with Crippen LogP contribution in [0, 0.1) is 17.6 Å². The molecule has 5 nitrogen and oxygen atoms in total. The maximum atomic E-state index is 13.6. The van der Waals surface area contributed by atoms with Gasteiger partial charge in [0.1, 0.15) is 11.6 Å². The highest BCUT2D eigenvalue weighted by atomic mass is 19.1. The van der Waals surface area contributed by atoms with Crippen molar-refractivity contribution in [3.8, 4) is 0 Å². The first kappa shape index (κ1) is 18.2. The number of pyridine rings is 1. The lowest BCUT2D eigenvalue weighted by Crippen LogP contribution is -2.53. The number of amides is 2. The first-order valence-corrected chi connectivity index (χ1v) is 9.07. The lowest BCUT2D eigenvalue weighted by atomic mass is 9.99. The van der Waals surface area contributed by atoms with Crippen LogP contribution in [-0.4, -0.2) is 40.7 Å². The van der Waals surface area contributed by atoms with Crippen LogP contribution in [0.25, 0.3) is 5.52 Å². The van der Waals surface area contributed by atoms with Gasteiger partial charge in [-0.05, 0) is 30.3 Å². The minimum atomic E-state index is -0.726. The van der Waals surface area contributed by atoms with Crippen molar-refractivity contribution in [2.24, 2.45) is 5.92 Å². The zero-order valence-electron chi connectivity index (χ0n) is 15.1. The van der Waals surface area contributed by atoms with Crippen molar-refractivity contribution in [1.82, 2.24) is 14.6 Å². The molecule has 4 rings (SSSR count). The molecule has 144 valence electrons. The molecule has 1 aromatic carbocycles. The summed E-state index contributed by atoms with van der Waals surface area (Å²) >= 11 is 0. The molecule has 3 heterocycles. The largest absolute Gasteiger partial charge is 0.355 e. The Morgan fingerprint density at radius 1 is 1.07 bits per heavy atom. The second-order valence-electron chi connectivity index (χ2n) is 7.02. The maximum Gasteiger partial charge on any atom is 0.255 e. The van der Waals surface area contributed by atoms with Crippen LogP contribution in [-0.2, 0) is 11.2 Å². The highest BCUT2D eigenvalue weighted by molar-refractivity contribution is 5.96. The summed E-state index contributed by atoms with van der Waals surface area (Å²) in [5, 5.41) is 2.69. The van der Waals surface area contributed by atoms with E-state index in [4.69, 9.17) is 0 Å². The molecule has 0 atom stereocenters. The van der Waals surface area contributed by atoms with Crippen LogP contribution in [0.2, 0.25) is 0 Å². The van der Waals surface area contributed by atoms with Crippen LogP contribution in [0.5, 0.6) is 0 Å². The highest BCUT2D eigenvalue weighted by Crippen LogP contribution is 2.20. The Labute approximate surface area is 160 Å². The van der Waals surface area contributed by atoms with E-state index in [-0.39, 0.29) is 23.8 Å². The van der Waals surface area contributed by atoms with Crippen molar-refractivity contribution in [2.75, 3.05) is 19.6 Å². The standard InChI is InChI=1S/C21H19F2N3O2/c22-18-5-3-6-19(23)17(18)9-20(27)24-10-14-11-26(12-14)21(28)15-8-16-4-1-2-7-25(16)13-15/h1-8,13-14H,9-12H2,(H,24,27). The molecule has 1 saturated heterocycles. The van der Waals surface area contributed by atoms with Gasteiger partial charge in [0.2, 0.25) is 5.91 Å². The van der Waals surface area contributed by atoms with Gasteiger partial charge in [0.05, 0.1) is 12.0 Å². The summed E-state index contributed by atoms with van der Waals surface area (Å²) in [7, 11) is 0. The number of nitrogens with zero attached hydrogens (tertiary/aromatic N) is 2. The molecule has 0 saturated carbocycles. The molecule has 0 spiro atoms. The number of hydrogen-bond acceptors (Lipinski definition) is 2. The molecule has 1 aliphatic heterocycles. The molecule has 3 aromatic rings. The van der Waals surface area contributed by atoms with Crippen LogP contribution in [0.3, 0.4) is 0 Å². The van der Waals surface area contributed by atoms with Gasteiger partial charge < -0.3 is 14.6 Å². The van der Waals surface area contributed by atoms with E-state index in [0.717, 1.165) is 17.6 Å². The van der Waals surface area contributed by atoms with Gasteiger partial charge in [-0.3, -0.25) is 9.59 Å². The van der Waals surface area contributed by atoms with Crippen molar-refractivity contribution in [2.45, 2.75) is 6.42 Å². The van der Waals surface area contributed by atoms with E-state index >= 15 is 0 Å². The van der Waals surface area contributed by atoms with E-state index in [1.54, 1.807) is 11.1 Å². The fourth-order valence-corrected chi connectivity index (χ4v) is 3.40. The minimum absolute atomic E-state index is 0.0419. The van der Waals surface area contributed by atoms with Gasteiger partial charge in [0.15, 0.2) is 0 Å². The number of halogens is 2. The van der Waals surface area contributed by atoms with E-state index in [9.17, 15) is 18.4 Å². The van der Waals surface area contributed by atoms with E-state index in [1.807, 2.05) is 34.9 Å². The summed E-state index contributed by atoms with van der Waals surface area (Å²) in [6.45, 7) is 1.45. The number of likely N-dealkylation sites (tertiary alicyclic amines) is 1. The van der Waals surface area contributed by atoms with E-state index < -0.39 is 17.5 Å². The zero-order chi connectivity index (χ0) is 19.7. The number of benzene rings is 1. The molecule has 7 heteroatoms. The first-order chi connectivity index (χ1) is 13.5. The molecule has 2 amide bonds. The van der Waals surface area contributed by atoms with Crippen molar-refractivity contribution in [3.63, 3.8) is 0 Å². The zero-order valence-corrected chi connectivity index (χ0v) is 15.1. The Kier molecular flexibility index (Phi) is 4.81. The van der Waals surface area contributed by atoms with E-state index in [2.05, 4.69) is 5.32 Å². The van der Waals surface area contributed by atoms with Crippen molar-refractivity contribution in [1.29, 1.82) is 0 Å². The van der Waals surface area contributed by atoms with Gasteiger partial charge in [0, 0.05) is 49.0 Å². The minimum Gasteiger partial charge on any atom is -0.355 e. The fourth-order valence-electron chi connectivity index (χ4n) is 3.40. The van der Waals surface area contributed by atoms with Crippen LogP contribution in [0.1, 0.15) is 15.9 Å². The number of nitrogens with one attached hydrogen (secondary N) is 1. The molecule has 0 unspecified atom stereocenters. The molecule has 1 aliphatic rings. The van der Waals surface area contributed by atoms with Crippen LogP contribution < -0.4 is 5.32 Å².